The maximum atomic E-state index is 13.5. The summed E-state index contributed by atoms with van der Waals surface area (Å²) in [5.41, 5.74) is 7.81. The number of fused-ring (bicyclic) bond motifs is 2. The molecule has 3 unspecified atom stereocenters. The number of rotatable bonds is 4. The van der Waals surface area contributed by atoms with Crippen molar-refractivity contribution in [2.24, 2.45) is 11.7 Å². The van der Waals surface area contributed by atoms with E-state index in [1.807, 2.05) is 12.1 Å². The number of aryl methyl sites for hydroxylation is 1. The van der Waals surface area contributed by atoms with Crippen LogP contribution in [0.5, 0.6) is 0 Å². The van der Waals surface area contributed by atoms with Gasteiger partial charge in [0.25, 0.3) is 0 Å². The van der Waals surface area contributed by atoms with Crippen molar-refractivity contribution in [1.82, 2.24) is 4.90 Å². The Balaban J connectivity index is 1.56. The molecule has 3 rings (SSSR count). The molecule has 1 saturated carbocycles. The third kappa shape index (κ3) is 2.67. The molecule has 104 valence electrons. The fourth-order valence-corrected chi connectivity index (χ4v) is 3.61. The molecule has 2 aliphatic rings. The van der Waals surface area contributed by atoms with E-state index in [1.54, 1.807) is 13.0 Å². The van der Waals surface area contributed by atoms with Crippen LogP contribution >= 0.6 is 0 Å². The zero-order valence-corrected chi connectivity index (χ0v) is 11.6. The molecule has 0 radical (unpaired) electrons. The Morgan fingerprint density at radius 2 is 2.26 bits per heavy atom. The van der Waals surface area contributed by atoms with Crippen molar-refractivity contribution in [3.63, 3.8) is 0 Å². The van der Waals surface area contributed by atoms with Crippen LogP contribution < -0.4 is 5.73 Å². The first-order chi connectivity index (χ1) is 9.13. The van der Waals surface area contributed by atoms with Crippen molar-refractivity contribution in [2.75, 3.05) is 13.1 Å². The lowest BCUT2D eigenvalue weighted by Crippen LogP contribution is -2.34. The van der Waals surface area contributed by atoms with Gasteiger partial charge < -0.3 is 10.6 Å². The van der Waals surface area contributed by atoms with Crippen molar-refractivity contribution in [3.05, 3.63) is 35.1 Å². The maximum Gasteiger partial charge on any atom is 0.126 e. The molecule has 1 aromatic rings. The zero-order valence-electron chi connectivity index (χ0n) is 11.6. The summed E-state index contributed by atoms with van der Waals surface area (Å²) in [6, 6.07) is 6.12. The predicted octanol–water partition coefficient (Wildman–Crippen LogP) is 3.01. The van der Waals surface area contributed by atoms with Gasteiger partial charge in [-0.3, -0.25) is 0 Å². The fraction of sp³-hybridized carbons (Fsp3) is 0.625. The highest BCUT2D eigenvalue weighted by Gasteiger charge is 2.37. The van der Waals surface area contributed by atoms with Crippen LogP contribution in [0.25, 0.3) is 0 Å². The number of halogens is 1. The molecule has 3 heteroatoms. The molecule has 0 aromatic heterocycles. The summed E-state index contributed by atoms with van der Waals surface area (Å²) < 4.78 is 13.5. The lowest BCUT2D eigenvalue weighted by molar-refractivity contribution is 0.206. The number of nitrogens with zero attached hydrogens (tertiary/aromatic N) is 1. The SMILES string of the molecule is Cc1ccc(C(N)CCN2CC3CCC2C3)cc1F. The van der Waals surface area contributed by atoms with Gasteiger partial charge in [0.05, 0.1) is 0 Å². The normalized spacial score (nSPS) is 27.9. The monoisotopic (exact) mass is 262 g/mol. The van der Waals surface area contributed by atoms with E-state index < -0.39 is 0 Å². The third-order valence-electron chi connectivity index (χ3n) is 4.87. The van der Waals surface area contributed by atoms with Crippen LogP contribution in [0, 0.1) is 18.7 Å². The summed E-state index contributed by atoms with van der Waals surface area (Å²) in [5, 5.41) is 0. The third-order valence-corrected chi connectivity index (χ3v) is 4.87. The summed E-state index contributed by atoms with van der Waals surface area (Å²) in [6.07, 6.45) is 5.08. The van der Waals surface area contributed by atoms with E-state index in [4.69, 9.17) is 5.73 Å². The standard InChI is InChI=1S/C16H23FN2/c1-11-2-4-13(9-15(11)17)16(18)6-7-19-10-12-3-5-14(19)8-12/h2,4,9,12,14,16H,3,5-8,10,18H2,1H3. The van der Waals surface area contributed by atoms with Crippen LogP contribution in [-0.2, 0) is 0 Å². The summed E-state index contributed by atoms with van der Waals surface area (Å²) in [4.78, 5) is 2.58. The smallest absolute Gasteiger partial charge is 0.126 e. The summed E-state index contributed by atoms with van der Waals surface area (Å²) in [5.74, 6) is 0.784. The van der Waals surface area contributed by atoms with Gasteiger partial charge in [-0.1, -0.05) is 12.1 Å². The summed E-state index contributed by atoms with van der Waals surface area (Å²) in [7, 11) is 0. The first-order valence-corrected chi connectivity index (χ1v) is 7.39. The molecule has 0 amide bonds. The summed E-state index contributed by atoms with van der Waals surface area (Å²) in [6.45, 7) is 4.09. The van der Waals surface area contributed by atoms with E-state index in [0.29, 0.717) is 5.56 Å². The lowest BCUT2D eigenvalue weighted by Gasteiger charge is -2.27. The molecule has 3 atom stereocenters. The highest BCUT2D eigenvalue weighted by molar-refractivity contribution is 5.25. The number of hydrogen-bond donors (Lipinski definition) is 1. The number of benzene rings is 1. The van der Waals surface area contributed by atoms with Gasteiger partial charge in [0.15, 0.2) is 0 Å². The molecule has 2 N–H and O–H groups in total. The van der Waals surface area contributed by atoms with Crippen LogP contribution in [0.2, 0.25) is 0 Å². The molecule has 1 heterocycles. The number of piperidine rings is 1. The van der Waals surface area contributed by atoms with E-state index in [-0.39, 0.29) is 11.9 Å². The Kier molecular flexibility index (Phi) is 3.59. The predicted molar refractivity (Wildman–Crippen MR) is 75.4 cm³/mol. The van der Waals surface area contributed by atoms with Crippen molar-refractivity contribution in [2.45, 2.75) is 44.7 Å². The minimum atomic E-state index is -0.145. The fourth-order valence-electron chi connectivity index (χ4n) is 3.61. The second-order valence-electron chi connectivity index (χ2n) is 6.23. The quantitative estimate of drug-likeness (QED) is 0.903. The van der Waals surface area contributed by atoms with Crippen LogP contribution in [0.4, 0.5) is 4.39 Å². The van der Waals surface area contributed by atoms with Crippen LogP contribution in [0.15, 0.2) is 18.2 Å². The number of likely N-dealkylation sites (tertiary alicyclic amines) is 1. The molecule has 2 bridgehead atoms. The summed E-state index contributed by atoms with van der Waals surface area (Å²) >= 11 is 0. The zero-order chi connectivity index (χ0) is 13.4. The van der Waals surface area contributed by atoms with Gasteiger partial charge in [-0.2, -0.15) is 0 Å². The Morgan fingerprint density at radius 3 is 2.89 bits per heavy atom. The lowest BCUT2D eigenvalue weighted by atomic mass is 10.0. The molecular weight excluding hydrogens is 239 g/mol. The molecular formula is C16H23FN2. The molecule has 1 aliphatic carbocycles. The van der Waals surface area contributed by atoms with E-state index in [0.717, 1.165) is 30.5 Å². The average molecular weight is 262 g/mol. The minimum absolute atomic E-state index is 0.0470. The highest BCUT2D eigenvalue weighted by atomic mass is 19.1. The topological polar surface area (TPSA) is 29.3 Å². The van der Waals surface area contributed by atoms with Crippen molar-refractivity contribution < 1.29 is 4.39 Å². The first kappa shape index (κ1) is 13.1. The second kappa shape index (κ2) is 5.22. The van der Waals surface area contributed by atoms with Gasteiger partial charge in [-0.05, 0) is 55.7 Å². The molecule has 2 nitrogen and oxygen atoms in total. The minimum Gasteiger partial charge on any atom is -0.324 e. The van der Waals surface area contributed by atoms with Crippen molar-refractivity contribution in [3.8, 4) is 0 Å². The van der Waals surface area contributed by atoms with E-state index in [2.05, 4.69) is 4.90 Å². The van der Waals surface area contributed by atoms with Gasteiger partial charge in [0.1, 0.15) is 5.82 Å². The molecule has 1 saturated heterocycles. The van der Waals surface area contributed by atoms with Crippen LogP contribution in [-0.4, -0.2) is 24.0 Å². The van der Waals surface area contributed by atoms with Gasteiger partial charge in [0.2, 0.25) is 0 Å². The van der Waals surface area contributed by atoms with Crippen LogP contribution in [0.3, 0.4) is 0 Å². The molecule has 19 heavy (non-hydrogen) atoms. The van der Waals surface area contributed by atoms with E-state index >= 15 is 0 Å². The van der Waals surface area contributed by atoms with Crippen molar-refractivity contribution >= 4 is 0 Å². The van der Waals surface area contributed by atoms with Crippen LogP contribution in [0.1, 0.15) is 42.9 Å². The maximum absolute atomic E-state index is 13.5. The Labute approximate surface area is 114 Å². The van der Waals surface area contributed by atoms with E-state index in [1.165, 1.54) is 25.8 Å². The second-order valence-corrected chi connectivity index (χ2v) is 6.23. The largest absolute Gasteiger partial charge is 0.324 e. The molecule has 1 aromatic carbocycles. The molecule has 0 spiro atoms. The Bertz CT molecular complexity index is 460. The van der Waals surface area contributed by atoms with Gasteiger partial charge >= 0.3 is 0 Å². The van der Waals surface area contributed by atoms with Crippen molar-refractivity contribution in [1.29, 1.82) is 0 Å². The average Bonchev–Trinajstić information content (AvgIpc) is 3.01. The van der Waals surface area contributed by atoms with Gasteiger partial charge in [0, 0.05) is 25.2 Å². The number of nitrogens with two attached hydrogens (primary N) is 1. The highest BCUT2D eigenvalue weighted by Crippen LogP contribution is 2.37. The number of hydrogen-bond acceptors (Lipinski definition) is 2. The van der Waals surface area contributed by atoms with Gasteiger partial charge in [-0.15, -0.1) is 0 Å². The first-order valence-electron chi connectivity index (χ1n) is 7.39. The van der Waals surface area contributed by atoms with Gasteiger partial charge in [-0.25, -0.2) is 4.39 Å². The Morgan fingerprint density at radius 1 is 1.42 bits per heavy atom. The molecule has 2 fully saturated rings. The van der Waals surface area contributed by atoms with E-state index in [9.17, 15) is 4.39 Å². The molecule has 1 aliphatic heterocycles. The Hall–Kier alpha value is -0.930.